The van der Waals surface area contributed by atoms with Crippen molar-refractivity contribution < 1.29 is 9.59 Å². The molecule has 0 fully saturated rings. The van der Waals surface area contributed by atoms with Crippen LogP contribution in [-0.2, 0) is 4.79 Å². The number of hydrogen-bond donors (Lipinski definition) is 1. The first-order valence-electron chi connectivity index (χ1n) is 6.50. The van der Waals surface area contributed by atoms with Crippen molar-refractivity contribution in [2.45, 2.75) is 10.9 Å². The molecule has 0 saturated carbocycles. The molecule has 2 aromatic rings. The van der Waals surface area contributed by atoms with Crippen LogP contribution in [0, 0.1) is 0 Å². The number of rotatable bonds is 2. The minimum Gasteiger partial charge on any atom is -0.321 e. The van der Waals surface area contributed by atoms with E-state index in [0.717, 1.165) is 4.90 Å². The zero-order valence-corrected chi connectivity index (χ0v) is 13.2. The summed E-state index contributed by atoms with van der Waals surface area (Å²) in [6.45, 7) is 0. The molecule has 0 spiro atoms. The minimum atomic E-state index is -0.943. The fraction of sp³-hybridized carbons (Fsp3) is 0.133. The van der Waals surface area contributed by atoms with Gasteiger partial charge in [0.15, 0.2) is 6.04 Å². The number of Topliss-reactive ketones (excluding diaryl/α,β-unsaturated/α-hetero) is 1. The maximum absolute atomic E-state index is 12.5. The summed E-state index contributed by atoms with van der Waals surface area (Å²) < 4.78 is 1.61. The number of thiophene rings is 1. The zero-order chi connectivity index (χ0) is 15.7. The van der Waals surface area contributed by atoms with Gasteiger partial charge in [-0.3, -0.25) is 14.4 Å². The van der Waals surface area contributed by atoms with Gasteiger partial charge in [0.05, 0.1) is 10.6 Å². The Morgan fingerprint density at radius 3 is 2.77 bits per heavy atom. The number of fused-ring (bicyclic) bond motifs is 1. The van der Waals surface area contributed by atoms with E-state index in [1.165, 1.54) is 35.4 Å². The molecule has 0 bridgehead atoms. The lowest BCUT2D eigenvalue weighted by molar-refractivity contribution is -0.118. The van der Waals surface area contributed by atoms with Gasteiger partial charge < -0.3 is 5.32 Å². The maximum atomic E-state index is 12.5. The molecule has 112 valence electrons. The van der Waals surface area contributed by atoms with Gasteiger partial charge in [0.1, 0.15) is 0 Å². The Balaban J connectivity index is 1.88. The van der Waals surface area contributed by atoms with E-state index >= 15 is 0 Å². The van der Waals surface area contributed by atoms with Crippen molar-refractivity contribution in [1.29, 1.82) is 0 Å². The van der Waals surface area contributed by atoms with Crippen LogP contribution in [-0.4, -0.2) is 29.1 Å². The number of likely N-dealkylation sites (N-methyl/N-ethyl adjacent to an activating group) is 1. The van der Waals surface area contributed by atoms with E-state index in [1.807, 2.05) is 11.4 Å². The van der Waals surface area contributed by atoms with Gasteiger partial charge in [-0.05, 0) is 42.6 Å². The number of amides is 1. The van der Waals surface area contributed by atoms with E-state index in [4.69, 9.17) is 0 Å². The first-order valence-corrected chi connectivity index (χ1v) is 8.16. The van der Waals surface area contributed by atoms with E-state index in [2.05, 4.69) is 5.32 Å². The molecule has 0 radical (unpaired) electrons. The van der Waals surface area contributed by atoms with E-state index in [1.54, 1.807) is 29.6 Å². The van der Waals surface area contributed by atoms with Crippen molar-refractivity contribution in [2.24, 2.45) is 0 Å². The Labute approximate surface area is 135 Å². The molecule has 1 atom stereocenters. The largest absolute Gasteiger partial charge is 0.321 e. The summed E-state index contributed by atoms with van der Waals surface area (Å²) in [5.41, 5.74) is -0.132. The van der Waals surface area contributed by atoms with Gasteiger partial charge in [-0.25, -0.2) is 4.31 Å². The SMILES string of the molecule is CN1Sc2ccsc2C(=O)C1C(=O)Nc1cccccc1=O. The lowest BCUT2D eigenvalue weighted by Gasteiger charge is -2.28. The summed E-state index contributed by atoms with van der Waals surface area (Å²) in [7, 11) is 1.69. The fourth-order valence-electron chi connectivity index (χ4n) is 2.17. The molecule has 1 aliphatic heterocycles. The lowest BCUT2D eigenvalue weighted by atomic mass is 10.1. The van der Waals surface area contributed by atoms with Crippen molar-refractivity contribution >= 4 is 40.7 Å². The molecule has 3 rings (SSSR count). The van der Waals surface area contributed by atoms with Crippen LogP contribution in [0.5, 0.6) is 0 Å². The molecule has 2 heterocycles. The number of nitrogens with one attached hydrogen (secondary N) is 1. The third-order valence-electron chi connectivity index (χ3n) is 3.21. The molecule has 1 aliphatic rings. The molecule has 22 heavy (non-hydrogen) atoms. The number of nitrogens with zero attached hydrogens (tertiary/aromatic N) is 1. The second kappa shape index (κ2) is 6.04. The van der Waals surface area contributed by atoms with Crippen molar-refractivity contribution in [1.82, 2.24) is 4.31 Å². The van der Waals surface area contributed by atoms with E-state index in [0.29, 0.717) is 4.88 Å². The molecule has 1 aromatic carbocycles. The van der Waals surface area contributed by atoms with Crippen LogP contribution in [0.25, 0.3) is 0 Å². The molecule has 7 heteroatoms. The van der Waals surface area contributed by atoms with Gasteiger partial charge in [0.2, 0.25) is 11.2 Å². The highest BCUT2D eigenvalue weighted by atomic mass is 32.2. The smallest absolute Gasteiger partial charge is 0.250 e. The van der Waals surface area contributed by atoms with Gasteiger partial charge in [0.25, 0.3) is 5.91 Å². The Bertz CT molecular complexity index is 803. The van der Waals surface area contributed by atoms with Gasteiger partial charge in [0, 0.05) is 4.90 Å². The van der Waals surface area contributed by atoms with Crippen LogP contribution >= 0.6 is 23.3 Å². The monoisotopic (exact) mass is 332 g/mol. The summed E-state index contributed by atoms with van der Waals surface area (Å²) in [6, 6.07) is 8.77. The normalized spacial score (nSPS) is 17.9. The topological polar surface area (TPSA) is 66.5 Å². The average molecular weight is 332 g/mol. The summed E-state index contributed by atoms with van der Waals surface area (Å²) in [5, 5.41) is 4.39. The molecule has 5 nitrogen and oxygen atoms in total. The Kier molecular flexibility index (Phi) is 4.10. The van der Waals surface area contributed by atoms with Crippen molar-refractivity contribution in [2.75, 3.05) is 12.4 Å². The zero-order valence-electron chi connectivity index (χ0n) is 11.6. The molecule has 1 aromatic heterocycles. The van der Waals surface area contributed by atoms with Gasteiger partial charge in [-0.1, -0.05) is 18.2 Å². The summed E-state index contributed by atoms with van der Waals surface area (Å²) >= 11 is 2.68. The summed E-state index contributed by atoms with van der Waals surface area (Å²) in [5.74, 6) is -0.737. The summed E-state index contributed by atoms with van der Waals surface area (Å²) in [4.78, 5) is 38.2. The molecule has 1 N–H and O–H groups in total. The molecular formula is C15H12N2O3S2. The van der Waals surface area contributed by atoms with Gasteiger partial charge in [-0.2, -0.15) is 0 Å². The third-order valence-corrected chi connectivity index (χ3v) is 5.31. The van der Waals surface area contributed by atoms with E-state index < -0.39 is 11.9 Å². The van der Waals surface area contributed by atoms with E-state index in [-0.39, 0.29) is 16.9 Å². The highest BCUT2D eigenvalue weighted by Gasteiger charge is 2.38. The predicted molar refractivity (Wildman–Crippen MR) is 87.4 cm³/mol. The van der Waals surface area contributed by atoms with Gasteiger partial charge in [-0.15, -0.1) is 11.3 Å². The lowest BCUT2D eigenvalue weighted by Crippen LogP contribution is -2.46. The first-order chi connectivity index (χ1) is 10.6. The van der Waals surface area contributed by atoms with E-state index in [9.17, 15) is 14.4 Å². The fourth-order valence-corrected chi connectivity index (χ4v) is 4.18. The average Bonchev–Trinajstić information content (AvgIpc) is 2.85. The minimum absolute atomic E-state index is 0.165. The molecule has 0 saturated heterocycles. The second-order valence-corrected chi connectivity index (χ2v) is 6.81. The highest BCUT2D eigenvalue weighted by molar-refractivity contribution is 7.97. The molecular weight excluding hydrogens is 320 g/mol. The van der Waals surface area contributed by atoms with Gasteiger partial charge >= 0.3 is 0 Å². The Morgan fingerprint density at radius 2 is 1.95 bits per heavy atom. The quantitative estimate of drug-likeness (QED) is 0.675. The van der Waals surface area contributed by atoms with Crippen molar-refractivity contribution in [3.05, 3.63) is 56.9 Å². The maximum Gasteiger partial charge on any atom is 0.250 e. The summed E-state index contributed by atoms with van der Waals surface area (Å²) in [6.07, 6.45) is 0. The number of anilines is 1. The van der Waals surface area contributed by atoms with Crippen LogP contribution in [0.4, 0.5) is 5.69 Å². The van der Waals surface area contributed by atoms with Crippen LogP contribution in [0.1, 0.15) is 9.67 Å². The standard InChI is InChI=1S/C15H12N2O3S2/c1-17-12(13(19)14-11(22-17)7-8-21-14)15(20)16-9-5-3-2-4-6-10(9)18/h2-8,12H,1H3,(H,16,18,20). The van der Waals surface area contributed by atoms with Crippen LogP contribution in [0.2, 0.25) is 0 Å². The molecule has 1 unspecified atom stereocenters. The number of ketones is 1. The molecule has 0 aliphatic carbocycles. The van der Waals surface area contributed by atoms with Crippen LogP contribution in [0.15, 0.2) is 51.5 Å². The van der Waals surface area contributed by atoms with Crippen LogP contribution < -0.4 is 10.7 Å². The van der Waals surface area contributed by atoms with Crippen molar-refractivity contribution in [3.63, 3.8) is 0 Å². The molecule has 1 amide bonds. The van der Waals surface area contributed by atoms with Crippen molar-refractivity contribution in [3.8, 4) is 0 Å². The highest BCUT2D eigenvalue weighted by Crippen LogP contribution is 2.37. The number of carbonyl (C=O) groups is 2. The number of carbonyl (C=O) groups excluding carboxylic acids is 2. The first kappa shape index (κ1) is 15.0. The van der Waals surface area contributed by atoms with Crippen LogP contribution in [0.3, 0.4) is 0 Å². The predicted octanol–water partition coefficient (Wildman–Crippen LogP) is 2.25. The third kappa shape index (κ3) is 2.70. The number of hydrogen-bond acceptors (Lipinski definition) is 6. The Hall–Kier alpha value is -1.96. The second-order valence-electron chi connectivity index (χ2n) is 4.70. The Morgan fingerprint density at radius 1 is 1.18 bits per heavy atom.